The van der Waals surface area contributed by atoms with Gasteiger partial charge < -0.3 is 14.9 Å². The number of hydrogen-bond acceptors (Lipinski definition) is 1. The first-order valence-corrected chi connectivity index (χ1v) is 20.9. The van der Waals surface area contributed by atoms with Crippen molar-refractivity contribution < 1.29 is 0 Å². The number of allylic oxidation sites excluding steroid dienone is 8. The lowest BCUT2D eigenvalue weighted by molar-refractivity contribution is 0.946. The van der Waals surface area contributed by atoms with Crippen LogP contribution in [0.4, 0.5) is 0 Å². The molecule has 60 heavy (non-hydrogen) atoms. The fraction of sp³-hybridized carbons (Fsp3) is 0.0877. The number of aryl methyl sites for hydroxylation is 3. The smallest absolute Gasteiger partial charge is 0.0547 e. The van der Waals surface area contributed by atoms with Crippen LogP contribution in [0, 0.1) is 6.92 Å². The molecule has 0 aliphatic heterocycles. The topological polar surface area (TPSA) is 35.9 Å². The molecular weight excluding hydrogens is 727 g/mol. The lowest BCUT2D eigenvalue weighted by atomic mass is 9.84. The van der Waals surface area contributed by atoms with Gasteiger partial charge in [0.25, 0.3) is 0 Å². The maximum absolute atomic E-state index is 6.10. The minimum atomic E-state index is 0.969. The van der Waals surface area contributed by atoms with Crippen molar-refractivity contribution in [1.29, 1.82) is 0 Å². The molecule has 2 aromatic heterocycles. The molecule has 0 unspecified atom stereocenters. The van der Waals surface area contributed by atoms with Gasteiger partial charge in [-0.15, -0.1) is 0 Å². The van der Waals surface area contributed by atoms with Gasteiger partial charge in [0, 0.05) is 32.9 Å². The van der Waals surface area contributed by atoms with E-state index < -0.39 is 0 Å². The number of benzene rings is 7. The number of rotatable bonds is 8. The van der Waals surface area contributed by atoms with Crippen molar-refractivity contribution in [3.05, 3.63) is 199 Å². The van der Waals surface area contributed by atoms with E-state index in [-0.39, 0.29) is 0 Å². The van der Waals surface area contributed by atoms with Gasteiger partial charge in [0.15, 0.2) is 0 Å². The van der Waals surface area contributed by atoms with Crippen LogP contribution in [0.25, 0.3) is 105 Å². The van der Waals surface area contributed by atoms with E-state index in [1.165, 1.54) is 99.0 Å². The number of aromatic nitrogens is 2. The van der Waals surface area contributed by atoms with Crippen molar-refractivity contribution in [1.82, 2.24) is 9.13 Å². The van der Waals surface area contributed by atoms with Crippen LogP contribution in [0.2, 0.25) is 0 Å². The van der Waals surface area contributed by atoms with Crippen molar-refractivity contribution in [2.45, 2.75) is 33.6 Å². The molecule has 1 aliphatic rings. The molecule has 10 rings (SSSR count). The molecule has 1 aliphatic carbocycles. The number of nitrogens with two attached hydrogens (primary N) is 1. The molecule has 0 amide bonds. The van der Waals surface area contributed by atoms with Gasteiger partial charge >= 0.3 is 0 Å². The van der Waals surface area contributed by atoms with E-state index in [0.717, 1.165) is 35.3 Å². The summed E-state index contributed by atoms with van der Waals surface area (Å²) in [6.45, 7) is 14.5. The standard InChI is InChI=1S/C57H47N3/c1-6-10-18-44-36(5)15-13-20-46(44)38-24-27-55-51(30-38)53-33-41-23-22-40-32-52-50-31-39(47-21-14-17-37-16-11-12-19-45(37)47)25-26-54(50)59(42(7-2)8-3)56(52)34-48(40)49(41)35-57(53)60(55)43(9-4)28-29-58/h6-21,24-35H,1-2,22-23,58H2,3-5H3/b18-10-,29-28-,42-8+,43-9+. The maximum atomic E-state index is 6.10. The molecule has 0 fully saturated rings. The molecule has 0 saturated carbocycles. The van der Waals surface area contributed by atoms with Crippen molar-refractivity contribution in [3.8, 4) is 33.4 Å². The third kappa shape index (κ3) is 5.72. The van der Waals surface area contributed by atoms with Gasteiger partial charge in [0.05, 0.1) is 22.1 Å². The predicted octanol–water partition coefficient (Wildman–Crippen LogP) is 15.0. The van der Waals surface area contributed by atoms with Gasteiger partial charge in [0.2, 0.25) is 0 Å². The second-order valence-electron chi connectivity index (χ2n) is 15.8. The van der Waals surface area contributed by atoms with Crippen LogP contribution < -0.4 is 5.73 Å². The van der Waals surface area contributed by atoms with Crippen molar-refractivity contribution in [2.24, 2.45) is 5.73 Å². The van der Waals surface area contributed by atoms with Crippen LogP contribution in [0.5, 0.6) is 0 Å². The fourth-order valence-corrected chi connectivity index (χ4v) is 9.83. The molecule has 7 aromatic carbocycles. The Labute approximate surface area is 351 Å². The van der Waals surface area contributed by atoms with Gasteiger partial charge in [-0.1, -0.05) is 116 Å². The van der Waals surface area contributed by atoms with E-state index in [0.29, 0.717) is 0 Å². The van der Waals surface area contributed by atoms with Crippen LogP contribution >= 0.6 is 0 Å². The second-order valence-corrected chi connectivity index (χ2v) is 15.8. The predicted molar refractivity (Wildman–Crippen MR) is 261 cm³/mol. The SMILES string of the molecule is C=C/C=C\c1c(C)cccc1-c1ccc2c(c1)c1cc3c(cc1n2C(/C=C\N)=C/C)-c1cc2c(cc1CC3)c1cc(-c3cccc4ccccc34)ccc1n2/C(C=C)=C/C. The molecule has 2 heterocycles. The Morgan fingerprint density at radius 3 is 1.75 bits per heavy atom. The minimum absolute atomic E-state index is 0.969. The van der Waals surface area contributed by atoms with Crippen LogP contribution in [0.3, 0.4) is 0 Å². The average Bonchev–Trinajstić information content (AvgIpc) is 3.77. The largest absolute Gasteiger partial charge is 0.405 e. The van der Waals surface area contributed by atoms with Crippen molar-refractivity contribution >= 4 is 71.9 Å². The number of nitrogens with zero attached hydrogens (tertiary/aromatic N) is 2. The minimum Gasteiger partial charge on any atom is -0.405 e. The highest BCUT2D eigenvalue weighted by atomic mass is 15.0. The zero-order valence-electron chi connectivity index (χ0n) is 34.5. The molecule has 2 N–H and O–H groups in total. The summed E-state index contributed by atoms with van der Waals surface area (Å²) in [5.74, 6) is 0. The molecule has 290 valence electrons. The molecule has 0 bridgehead atoms. The summed E-state index contributed by atoms with van der Waals surface area (Å²) in [5.41, 5.74) is 25.5. The van der Waals surface area contributed by atoms with Gasteiger partial charge in [0.1, 0.15) is 0 Å². The Morgan fingerprint density at radius 2 is 1.13 bits per heavy atom. The summed E-state index contributed by atoms with van der Waals surface area (Å²) >= 11 is 0. The molecule has 0 atom stereocenters. The third-order valence-corrected chi connectivity index (χ3v) is 12.7. The first-order valence-electron chi connectivity index (χ1n) is 20.9. The fourth-order valence-electron chi connectivity index (χ4n) is 9.83. The van der Waals surface area contributed by atoms with Crippen molar-refractivity contribution in [2.75, 3.05) is 0 Å². The first-order chi connectivity index (χ1) is 29.5. The van der Waals surface area contributed by atoms with E-state index in [1.54, 1.807) is 6.20 Å². The molecule has 3 heteroatoms. The summed E-state index contributed by atoms with van der Waals surface area (Å²) < 4.78 is 4.77. The lowest BCUT2D eigenvalue weighted by Crippen LogP contribution is -2.05. The van der Waals surface area contributed by atoms with E-state index in [1.807, 2.05) is 24.3 Å². The van der Waals surface area contributed by atoms with Gasteiger partial charge in [-0.05, 0) is 167 Å². The van der Waals surface area contributed by atoms with Crippen LogP contribution in [0.15, 0.2) is 177 Å². The van der Waals surface area contributed by atoms with E-state index in [2.05, 4.69) is 183 Å². The lowest BCUT2D eigenvalue weighted by Gasteiger charge is -2.22. The zero-order chi connectivity index (χ0) is 41.1. The Bertz CT molecular complexity index is 3380. The van der Waals surface area contributed by atoms with Gasteiger partial charge in [-0.2, -0.15) is 0 Å². The Kier molecular flexibility index (Phi) is 9.10. The number of hydrogen-bond donors (Lipinski definition) is 1. The summed E-state index contributed by atoms with van der Waals surface area (Å²) in [6.07, 6.45) is 17.9. The first kappa shape index (κ1) is 36.9. The quantitative estimate of drug-likeness (QED) is 0.153. The van der Waals surface area contributed by atoms with Gasteiger partial charge in [-0.25, -0.2) is 0 Å². The normalized spacial score (nSPS) is 13.4. The molecule has 9 aromatic rings. The molecular formula is C57H47N3. The molecule has 3 nitrogen and oxygen atoms in total. The third-order valence-electron chi connectivity index (χ3n) is 12.7. The highest BCUT2D eigenvalue weighted by Gasteiger charge is 2.24. The second kappa shape index (κ2) is 14.8. The zero-order valence-corrected chi connectivity index (χ0v) is 34.5. The maximum Gasteiger partial charge on any atom is 0.0547 e. The summed E-state index contributed by atoms with van der Waals surface area (Å²) in [6, 6.07) is 45.5. The summed E-state index contributed by atoms with van der Waals surface area (Å²) in [7, 11) is 0. The molecule has 0 radical (unpaired) electrons. The Balaban J connectivity index is 1.21. The summed E-state index contributed by atoms with van der Waals surface area (Å²) in [5, 5.41) is 7.50. The van der Waals surface area contributed by atoms with E-state index in [9.17, 15) is 0 Å². The monoisotopic (exact) mass is 773 g/mol. The van der Waals surface area contributed by atoms with Crippen molar-refractivity contribution in [3.63, 3.8) is 0 Å². The molecule has 0 saturated heterocycles. The highest BCUT2D eigenvalue weighted by Crippen LogP contribution is 2.45. The highest BCUT2D eigenvalue weighted by molar-refractivity contribution is 6.16. The Hall–Kier alpha value is -7.36. The van der Waals surface area contributed by atoms with Crippen LogP contribution in [0.1, 0.15) is 36.1 Å². The van der Waals surface area contributed by atoms with E-state index >= 15 is 0 Å². The molecule has 0 spiro atoms. The van der Waals surface area contributed by atoms with Crippen LogP contribution in [-0.4, -0.2) is 9.13 Å². The number of fused-ring (bicyclic) bond motifs is 10. The van der Waals surface area contributed by atoms with E-state index in [4.69, 9.17) is 5.73 Å². The average molecular weight is 774 g/mol. The summed E-state index contributed by atoms with van der Waals surface area (Å²) in [4.78, 5) is 0. The van der Waals surface area contributed by atoms with Crippen LogP contribution in [-0.2, 0) is 12.8 Å². The Morgan fingerprint density at radius 1 is 0.567 bits per heavy atom. The van der Waals surface area contributed by atoms with Gasteiger partial charge in [-0.3, -0.25) is 0 Å².